The van der Waals surface area contributed by atoms with Crippen LogP contribution in [0.4, 0.5) is 0 Å². The van der Waals surface area contributed by atoms with E-state index < -0.39 is 6.10 Å². The summed E-state index contributed by atoms with van der Waals surface area (Å²) in [6, 6.07) is 8.07. The summed E-state index contributed by atoms with van der Waals surface area (Å²) in [5.74, 6) is 0.644. The minimum Gasteiger partial charge on any atom is -0.395 e. The molecule has 0 amide bonds. The molecule has 2 unspecified atom stereocenters. The van der Waals surface area contributed by atoms with Crippen molar-refractivity contribution in [2.75, 3.05) is 13.2 Å². The largest absolute Gasteiger partial charge is 0.395 e. The van der Waals surface area contributed by atoms with E-state index >= 15 is 0 Å². The highest BCUT2D eigenvalue weighted by Crippen LogP contribution is 2.18. The van der Waals surface area contributed by atoms with Crippen molar-refractivity contribution >= 4 is 0 Å². The monoisotopic (exact) mass is 251 g/mol. The maximum absolute atomic E-state index is 10.1. The third-order valence-electron chi connectivity index (χ3n) is 3.02. The summed E-state index contributed by atoms with van der Waals surface area (Å²) in [5.41, 5.74) is 2.22. The highest BCUT2D eigenvalue weighted by Gasteiger charge is 2.15. The molecule has 0 heterocycles. The van der Waals surface area contributed by atoms with E-state index in [9.17, 15) is 5.11 Å². The topological polar surface area (TPSA) is 52.5 Å². The minimum atomic E-state index is -0.537. The molecule has 2 atom stereocenters. The van der Waals surface area contributed by atoms with Gasteiger partial charge in [-0.05, 0) is 30.4 Å². The summed E-state index contributed by atoms with van der Waals surface area (Å²) in [6.45, 7) is 6.91. The molecule has 3 heteroatoms. The fraction of sp³-hybridized carbons (Fsp3) is 0.600. The van der Waals surface area contributed by atoms with Crippen LogP contribution in [0.2, 0.25) is 0 Å². The molecule has 102 valence electrons. The van der Waals surface area contributed by atoms with Gasteiger partial charge in [-0.15, -0.1) is 0 Å². The molecule has 0 bridgehead atoms. The van der Waals surface area contributed by atoms with Crippen LogP contribution in [-0.4, -0.2) is 29.4 Å². The standard InChI is InChI=1S/C15H25NO2/c1-11(2)10-13-4-6-14(7-5-13)15(18)12(3)16-8-9-17/h4-7,11-12,15-18H,8-10H2,1-3H3. The second-order valence-corrected chi connectivity index (χ2v) is 5.25. The van der Waals surface area contributed by atoms with E-state index in [0.29, 0.717) is 12.5 Å². The van der Waals surface area contributed by atoms with Crippen LogP contribution in [0.15, 0.2) is 24.3 Å². The first-order valence-electron chi connectivity index (χ1n) is 6.65. The molecule has 1 rings (SSSR count). The molecule has 3 nitrogen and oxygen atoms in total. The van der Waals surface area contributed by atoms with Crippen molar-refractivity contribution in [3.8, 4) is 0 Å². The smallest absolute Gasteiger partial charge is 0.0940 e. The van der Waals surface area contributed by atoms with Crippen molar-refractivity contribution in [1.29, 1.82) is 0 Å². The van der Waals surface area contributed by atoms with Gasteiger partial charge in [-0.2, -0.15) is 0 Å². The summed E-state index contributed by atoms with van der Waals surface area (Å²) in [4.78, 5) is 0. The molecule has 1 aromatic carbocycles. The minimum absolute atomic E-state index is 0.0619. The first kappa shape index (κ1) is 15.2. The molecule has 1 aromatic rings. The van der Waals surface area contributed by atoms with Gasteiger partial charge in [0.05, 0.1) is 12.7 Å². The summed E-state index contributed by atoms with van der Waals surface area (Å²) in [7, 11) is 0. The van der Waals surface area contributed by atoms with Gasteiger partial charge in [0.1, 0.15) is 0 Å². The van der Waals surface area contributed by atoms with Crippen LogP contribution in [0.1, 0.15) is 38.0 Å². The van der Waals surface area contributed by atoms with Crippen molar-refractivity contribution in [3.05, 3.63) is 35.4 Å². The molecule has 0 aliphatic carbocycles. The fourth-order valence-corrected chi connectivity index (χ4v) is 2.01. The Balaban J connectivity index is 2.60. The van der Waals surface area contributed by atoms with Crippen molar-refractivity contribution in [2.45, 2.75) is 39.3 Å². The van der Waals surface area contributed by atoms with Gasteiger partial charge in [0, 0.05) is 12.6 Å². The Hall–Kier alpha value is -0.900. The molecule has 0 spiro atoms. The van der Waals surface area contributed by atoms with Gasteiger partial charge in [0.15, 0.2) is 0 Å². The van der Waals surface area contributed by atoms with Crippen molar-refractivity contribution < 1.29 is 10.2 Å². The summed E-state index contributed by atoms with van der Waals surface area (Å²) in [5, 5.41) is 22.0. The first-order chi connectivity index (χ1) is 8.54. The van der Waals surface area contributed by atoms with Crippen LogP contribution < -0.4 is 5.32 Å². The van der Waals surface area contributed by atoms with Gasteiger partial charge in [0.25, 0.3) is 0 Å². The molecule has 0 aliphatic rings. The molecular weight excluding hydrogens is 226 g/mol. The number of rotatable bonds is 7. The van der Waals surface area contributed by atoms with E-state index in [1.54, 1.807) is 0 Å². The molecule has 3 N–H and O–H groups in total. The maximum atomic E-state index is 10.1. The number of hydrogen-bond acceptors (Lipinski definition) is 3. The van der Waals surface area contributed by atoms with Crippen LogP contribution in [0.25, 0.3) is 0 Å². The predicted octanol–water partition coefficient (Wildman–Crippen LogP) is 1.89. The van der Waals surface area contributed by atoms with E-state index in [2.05, 4.69) is 31.3 Å². The highest BCUT2D eigenvalue weighted by atomic mass is 16.3. The first-order valence-corrected chi connectivity index (χ1v) is 6.65. The number of benzene rings is 1. The zero-order valence-electron chi connectivity index (χ0n) is 11.6. The quantitative estimate of drug-likeness (QED) is 0.693. The Morgan fingerprint density at radius 3 is 2.22 bits per heavy atom. The average Bonchev–Trinajstić information content (AvgIpc) is 2.35. The van der Waals surface area contributed by atoms with Gasteiger partial charge in [0.2, 0.25) is 0 Å². The van der Waals surface area contributed by atoms with Gasteiger partial charge in [-0.25, -0.2) is 0 Å². The number of hydrogen-bond donors (Lipinski definition) is 3. The van der Waals surface area contributed by atoms with Gasteiger partial charge in [-0.3, -0.25) is 0 Å². The molecule has 0 fully saturated rings. The van der Waals surface area contributed by atoms with E-state index in [0.717, 1.165) is 12.0 Å². The zero-order chi connectivity index (χ0) is 13.5. The third kappa shape index (κ3) is 4.77. The van der Waals surface area contributed by atoms with Crippen LogP contribution in [-0.2, 0) is 6.42 Å². The highest BCUT2D eigenvalue weighted by molar-refractivity contribution is 5.25. The Morgan fingerprint density at radius 2 is 1.72 bits per heavy atom. The normalized spacial score (nSPS) is 14.8. The second-order valence-electron chi connectivity index (χ2n) is 5.25. The Labute approximate surface area is 110 Å². The van der Waals surface area contributed by atoms with Crippen molar-refractivity contribution in [2.24, 2.45) is 5.92 Å². The zero-order valence-corrected chi connectivity index (χ0v) is 11.6. The molecule has 0 aliphatic heterocycles. The lowest BCUT2D eigenvalue weighted by atomic mass is 9.98. The van der Waals surface area contributed by atoms with Crippen molar-refractivity contribution in [1.82, 2.24) is 5.32 Å². The molecule has 0 radical (unpaired) electrons. The van der Waals surface area contributed by atoms with E-state index in [1.165, 1.54) is 5.56 Å². The SMILES string of the molecule is CC(C)Cc1ccc(C(O)C(C)NCCO)cc1. The summed E-state index contributed by atoms with van der Waals surface area (Å²) < 4.78 is 0. The third-order valence-corrected chi connectivity index (χ3v) is 3.02. The fourth-order valence-electron chi connectivity index (χ4n) is 2.01. The Morgan fingerprint density at radius 1 is 1.11 bits per heavy atom. The van der Waals surface area contributed by atoms with E-state index in [-0.39, 0.29) is 12.6 Å². The number of aliphatic hydroxyl groups excluding tert-OH is 2. The lowest BCUT2D eigenvalue weighted by molar-refractivity contribution is 0.132. The molecular formula is C15H25NO2. The van der Waals surface area contributed by atoms with E-state index in [1.807, 2.05) is 19.1 Å². The number of aliphatic hydroxyl groups is 2. The molecule has 0 saturated heterocycles. The summed E-state index contributed by atoms with van der Waals surface area (Å²) in [6.07, 6.45) is 0.527. The van der Waals surface area contributed by atoms with E-state index in [4.69, 9.17) is 5.11 Å². The molecule has 0 aromatic heterocycles. The molecule has 0 saturated carbocycles. The predicted molar refractivity (Wildman–Crippen MR) is 74.5 cm³/mol. The van der Waals surface area contributed by atoms with Crippen LogP contribution >= 0.6 is 0 Å². The van der Waals surface area contributed by atoms with Gasteiger partial charge >= 0.3 is 0 Å². The Kier molecular flexibility index (Phi) is 6.33. The van der Waals surface area contributed by atoms with Gasteiger partial charge < -0.3 is 15.5 Å². The second kappa shape index (κ2) is 7.52. The summed E-state index contributed by atoms with van der Waals surface area (Å²) >= 11 is 0. The van der Waals surface area contributed by atoms with Gasteiger partial charge in [-0.1, -0.05) is 38.1 Å². The lowest BCUT2D eigenvalue weighted by Gasteiger charge is -2.20. The lowest BCUT2D eigenvalue weighted by Crippen LogP contribution is -2.34. The average molecular weight is 251 g/mol. The van der Waals surface area contributed by atoms with Crippen molar-refractivity contribution in [3.63, 3.8) is 0 Å². The van der Waals surface area contributed by atoms with Crippen LogP contribution in [0.5, 0.6) is 0 Å². The maximum Gasteiger partial charge on any atom is 0.0940 e. The Bertz CT molecular complexity index is 335. The molecule has 18 heavy (non-hydrogen) atoms. The van der Waals surface area contributed by atoms with Crippen LogP contribution in [0, 0.1) is 5.92 Å². The van der Waals surface area contributed by atoms with Crippen LogP contribution in [0.3, 0.4) is 0 Å². The number of nitrogens with one attached hydrogen (secondary N) is 1.